The van der Waals surface area contributed by atoms with Crippen LogP contribution in [0, 0.1) is 0 Å². The molecule has 0 radical (unpaired) electrons. The van der Waals surface area contributed by atoms with Crippen LogP contribution in [0.3, 0.4) is 0 Å². The van der Waals surface area contributed by atoms with Crippen LogP contribution in [0.4, 0.5) is 0 Å². The summed E-state index contributed by atoms with van der Waals surface area (Å²) in [6, 6.07) is -1.27. The zero-order valence-electron chi connectivity index (χ0n) is 9.11. The van der Waals surface area contributed by atoms with Crippen LogP contribution in [0.25, 0.3) is 0 Å². The Balaban J connectivity index is 2.59. The first-order valence-corrected chi connectivity index (χ1v) is 5.43. The van der Waals surface area contributed by atoms with Gasteiger partial charge in [-0.25, -0.2) is 4.79 Å². The highest BCUT2D eigenvalue weighted by Gasteiger charge is 2.37. The van der Waals surface area contributed by atoms with Gasteiger partial charge < -0.3 is 21.3 Å². The smallest absolute Gasteiger partial charge is 0.328 e. The number of carbonyl (C=O) groups is 2. The van der Waals surface area contributed by atoms with Crippen LogP contribution >= 0.6 is 0 Å². The number of nitrogens with two attached hydrogens (primary N) is 1. The molecule has 0 aliphatic heterocycles. The summed E-state index contributed by atoms with van der Waals surface area (Å²) >= 11 is 0. The molecule has 0 spiro atoms. The zero-order chi connectivity index (χ0) is 12.2. The molecule has 1 amide bonds. The van der Waals surface area contributed by atoms with Crippen molar-refractivity contribution in [2.24, 2.45) is 5.73 Å². The van der Waals surface area contributed by atoms with Crippen LogP contribution in [0.15, 0.2) is 0 Å². The average Bonchev–Trinajstić information content (AvgIpc) is 2.26. The normalized spacial score (nSPS) is 21.1. The Kier molecular flexibility index (Phi) is 4.26. The lowest BCUT2D eigenvalue weighted by Crippen LogP contribution is -2.58. The van der Waals surface area contributed by atoms with Gasteiger partial charge in [0.1, 0.15) is 6.04 Å². The van der Waals surface area contributed by atoms with E-state index in [1.807, 2.05) is 0 Å². The molecule has 1 saturated carbocycles. The summed E-state index contributed by atoms with van der Waals surface area (Å²) in [6.07, 6.45) is 3.93. The van der Waals surface area contributed by atoms with Crippen LogP contribution in [-0.4, -0.2) is 40.3 Å². The molecule has 6 heteroatoms. The number of carboxylic acids is 1. The molecule has 0 aromatic rings. The summed E-state index contributed by atoms with van der Waals surface area (Å²) in [5.41, 5.74) is 4.95. The zero-order valence-corrected chi connectivity index (χ0v) is 9.11. The quantitative estimate of drug-likeness (QED) is 0.505. The average molecular weight is 230 g/mol. The van der Waals surface area contributed by atoms with Gasteiger partial charge in [0.15, 0.2) is 0 Å². The second-order valence-corrected chi connectivity index (χ2v) is 4.26. The van der Waals surface area contributed by atoms with E-state index in [1.165, 1.54) is 0 Å². The molecule has 0 aromatic heterocycles. The highest BCUT2D eigenvalue weighted by molar-refractivity contribution is 5.90. The predicted molar refractivity (Wildman–Crippen MR) is 56.7 cm³/mol. The fraction of sp³-hybridized carbons (Fsp3) is 0.800. The van der Waals surface area contributed by atoms with Crippen molar-refractivity contribution < 1.29 is 19.8 Å². The summed E-state index contributed by atoms with van der Waals surface area (Å²) in [4.78, 5) is 22.4. The third-order valence-electron chi connectivity index (χ3n) is 2.98. The van der Waals surface area contributed by atoms with E-state index in [1.54, 1.807) is 0 Å². The lowest BCUT2D eigenvalue weighted by molar-refractivity contribution is -0.144. The van der Waals surface area contributed by atoms with E-state index in [9.17, 15) is 9.59 Å². The first kappa shape index (κ1) is 12.9. The highest BCUT2D eigenvalue weighted by atomic mass is 16.4. The number of amides is 1. The van der Waals surface area contributed by atoms with Crippen molar-refractivity contribution in [1.82, 2.24) is 5.32 Å². The Morgan fingerprint density at radius 1 is 1.31 bits per heavy atom. The third kappa shape index (κ3) is 2.93. The fourth-order valence-corrected chi connectivity index (χ4v) is 1.90. The topological polar surface area (TPSA) is 113 Å². The van der Waals surface area contributed by atoms with Gasteiger partial charge in [0.2, 0.25) is 5.91 Å². The number of aliphatic hydroxyl groups is 1. The number of rotatable bonds is 4. The van der Waals surface area contributed by atoms with Crippen molar-refractivity contribution in [3.8, 4) is 0 Å². The molecule has 0 unspecified atom stereocenters. The van der Waals surface area contributed by atoms with E-state index >= 15 is 0 Å². The van der Waals surface area contributed by atoms with E-state index in [-0.39, 0.29) is 0 Å². The molecular weight excluding hydrogens is 212 g/mol. The van der Waals surface area contributed by atoms with E-state index in [0.717, 1.165) is 19.3 Å². The Morgan fingerprint density at radius 2 is 1.88 bits per heavy atom. The van der Waals surface area contributed by atoms with Crippen molar-refractivity contribution in [1.29, 1.82) is 0 Å². The Bertz CT molecular complexity index is 274. The summed E-state index contributed by atoms with van der Waals surface area (Å²) in [7, 11) is 0. The van der Waals surface area contributed by atoms with Crippen LogP contribution < -0.4 is 11.1 Å². The van der Waals surface area contributed by atoms with E-state index in [4.69, 9.17) is 15.9 Å². The van der Waals surface area contributed by atoms with Crippen molar-refractivity contribution >= 4 is 11.9 Å². The van der Waals surface area contributed by atoms with E-state index < -0.39 is 30.1 Å². The van der Waals surface area contributed by atoms with Crippen LogP contribution in [0.5, 0.6) is 0 Å². The van der Waals surface area contributed by atoms with Crippen LogP contribution in [-0.2, 0) is 9.59 Å². The number of hydrogen-bond acceptors (Lipinski definition) is 4. The molecule has 0 aromatic carbocycles. The van der Waals surface area contributed by atoms with Gasteiger partial charge in [-0.3, -0.25) is 4.79 Å². The summed E-state index contributed by atoms with van der Waals surface area (Å²) in [5.74, 6) is -1.73. The first-order chi connectivity index (χ1) is 7.49. The predicted octanol–water partition coefficient (Wildman–Crippen LogP) is -0.790. The monoisotopic (exact) mass is 230 g/mol. The Morgan fingerprint density at radius 3 is 2.31 bits per heavy atom. The van der Waals surface area contributed by atoms with Crippen molar-refractivity contribution in [3.63, 3.8) is 0 Å². The number of aliphatic carboxylic acids is 1. The minimum atomic E-state index is -1.27. The second-order valence-electron chi connectivity index (χ2n) is 4.26. The van der Waals surface area contributed by atoms with Gasteiger partial charge in [-0.2, -0.15) is 0 Å². The maximum absolute atomic E-state index is 11.8. The van der Waals surface area contributed by atoms with Crippen molar-refractivity contribution in [3.05, 3.63) is 0 Å². The lowest BCUT2D eigenvalue weighted by Gasteiger charge is -2.32. The molecule has 1 atom stereocenters. The van der Waals surface area contributed by atoms with E-state index in [0.29, 0.717) is 12.8 Å². The van der Waals surface area contributed by atoms with Gasteiger partial charge >= 0.3 is 5.97 Å². The molecular formula is C10H18N2O4. The summed E-state index contributed by atoms with van der Waals surface area (Å²) in [5, 5.41) is 19.7. The molecule has 1 aliphatic carbocycles. The minimum Gasteiger partial charge on any atom is -0.480 e. The van der Waals surface area contributed by atoms with Gasteiger partial charge in [-0.1, -0.05) is 19.3 Å². The molecule has 5 N–H and O–H groups in total. The lowest BCUT2D eigenvalue weighted by atomic mass is 9.82. The maximum Gasteiger partial charge on any atom is 0.328 e. The van der Waals surface area contributed by atoms with Gasteiger partial charge in [-0.05, 0) is 12.8 Å². The molecule has 1 fully saturated rings. The van der Waals surface area contributed by atoms with Gasteiger partial charge in [0.05, 0.1) is 12.1 Å². The Hall–Kier alpha value is -1.14. The molecule has 1 aliphatic rings. The van der Waals surface area contributed by atoms with Crippen molar-refractivity contribution in [2.45, 2.75) is 43.7 Å². The second kappa shape index (κ2) is 5.27. The van der Waals surface area contributed by atoms with E-state index in [2.05, 4.69) is 5.32 Å². The third-order valence-corrected chi connectivity index (χ3v) is 2.98. The number of carboxylic acid groups (broad SMARTS) is 1. The SMILES string of the molecule is NC1(C(=O)N[C@H](CO)C(=O)O)CCCCC1. The Labute approximate surface area is 93.8 Å². The number of carbonyl (C=O) groups excluding carboxylic acids is 1. The molecule has 0 saturated heterocycles. The molecule has 1 rings (SSSR count). The standard InChI is InChI=1S/C10H18N2O4/c11-10(4-2-1-3-5-10)9(16)12-7(6-13)8(14)15/h7,13H,1-6,11H2,(H,12,16)(H,14,15)/t7-/m1/s1. The molecule has 6 nitrogen and oxygen atoms in total. The minimum absolute atomic E-state index is 0.478. The molecule has 0 heterocycles. The number of nitrogens with one attached hydrogen (secondary N) is 1. The number of aliphatic hydroxyl groups excluding tert-OH is 1. The first-order valence-electron chi connectivity index (χ1n) is 5.43. The highest BCUT2D eigenvalue weighted by Crippen LogP contribution is 2.25. The summed E-state index contributed by atoms with van der Waals surface area (Å²) in [6.45, 7) is -0.628. The molecule has 92 valence electrons. The largest absolute Gasteiger partial charge is 0.480 e. The van der Waals surface area contributed by atoms with Crippen LogP contribution in [0.2, 0.25) is 0 Å². The summed E-state index contributed by atoms with van der Waals surface area (Å²) < 4.78 is 0. The van der Waals surface area contributed by atoms with Gasteiger partial charge in [-0.15, -0.1) is 0 Å². The van der Waals surface area contributed by atoms with Gasteiger partial charge in [0, 0.05) is 0 Å². The van der Waals surface area contributed by atoms with Crippen LogP contribution in [0.1, 0.15) is 32.1 Å². The van der Waals surface area contributed by atoms with Gasteiger partial charge in [0.25, 0.3) is 0 Å². The molecule has 0 bridgehead atoms. The fourth-order valence-electron chi connectivity index (χ4n) is 1.90. The maximum atomic E-state index is 11.8. The van der Waals surface area contributed by atoms with Crippen molar-refractivity contribution in [2.75, 3.05) is 6.61 Å². The number of hydrogen-bond donors (Lipinski definition) is 4. The molecule has 16 heavy (non-hydrogen) atoms.